The molecule has 1 aromatic rings. The summed E-state index contributed by atoms with van der Waals surface area (Å²) < 4.78 is 53.3. The van der Waals surface area contributed by atoms with Gasteiger partial charge in [0.05, 0.1) is 0 Å². The molecule has 0 radical (unpaired) electrons. The Morgan fingerprint density at radius 1 is 1.28 bits per heavy atom. The van der Waals surface area contributed by atoms with Crippen LogP contribution >= 0.6 is 0 Å². The van der Waals surface area contributed by atoms with Gasteiger partial charge >= 0.3 is 0 Å². The van der Waals surface area contributed by atoms with Gasteiger partial charge in [-0.2, -0.15) is 0 Å². The fourth-order valence-corrected chi connectivity index (χ4v) is 2.85. The van der Waals surface area contributed by atoms with Crippen LogP contribution in [0.15, 0.2) is 17.0 Å². The standard InChI is InChI=1S/C11H16F2N2O2S/c1-7(2)15-18(16,17)10-5-4-9(12)8(6-14-3)11(10)13/h4-5,7,14-15H,6H2,1-3H3. The monoisotopic (exact) mass is 278 g/mol. The summed E-state index contributed by atoms with van der Waals surface area (Å²) in [5, 5.41) is 2.59. The van der Waals surface area contributed by atoms with E-state index in [9.17, 15) is 17.2 Å². The second-order valence-corrected chi connectivity index (χ2v) is 5.83. The van der Waals surface area contributed by atoms with Crippen molar-refractivity contribution in [2.45, 2.75) is 31.3 Å². The predicted molar refractivity (Wildman–Crippen MR) is 64.6 cm³/mol. The second-order valence-electron chi connectivity index (χ2n) is 4.14. The molecule has 0 aliphatic carbocycles. The highest BCUT2D eigenvalue weighted by molar-refractivity contribution is 7.89. The summed E-state index contributed by atoms with van der Waals surface area (Å²) in [6, 6.07) is 1.51. The van der Waals surface area contributed by atoms with Gasteiger partial charge in [0, 0.05) is 18.2 Å². The van der Waals surface area contributed by atoms with Crippen LogP contribution < -0.4 is 10.0 Å². The van der Waals surface area contributed by atoms with E-state index in [1.165, 1.54) is 7.05 Å². The van der Waals surface area contributed by atoms with Gasteiger partial charge in [-0.1, -0.05) is 0 Å². The predicted octanol–water partition coefficient (Wildman–Crippen LogP) is 1.37. The number of hydrogen-bond acceptors (Lipinski definition) is 3. The summed E-state index contributed by atoms with van der Waals surface area (Å²) in [7, 11) is -2.45. The van der Waals surface area contributed by atoms with Gasteiger partial charge in [0.15, 0.2) is 5.82 Å². The molecule has 2 N–H and O–H groups in total. The number of rotatable bonds is 5. The Bertz CT molecular complexity index is 530. The molecule has 0 aliphatic heterocycles. The molecule has 0 saturated carbocycles. The summed E-state index contributed by atoms with van der Waals surface area (Å²) in [6.45, 7) is 3.16. The van der Waals surface area contributed by atoms with Crippen molar-refractivity contribution in [3.8, 4) is 0 Å². The van der Waals surface area contributed by atoms with Crippen molar-refractivity contribution in [1.82, 2.24) is 10.0 Å². The van der Waals surface area contributed by atoms with E-state index in [0.717, 1.165) is 12.1 Å². The highest BCUT2D eigenvalue weighted by Gasteiger charge is 2.23. The highest BCUT2D eigenvalue weighted by Crippen LogP contribution is 2.21. The first-order valence-electron chi connectivity index (χ1n) is 5.43. The number of nitrogens with one attached hydrogen (secondary N) is 2. The van der Waals surface area contributed by atoms with E-state index in [0.29, 0.717) is 0 Å². The van der Waals surface area contributed by atoms with E-state index in [4.69, 9.17) is 0 Å². The largest absolute Gasteiger partial charge is 0.315 e. The molecule has 4 nitrogen and oxygen atoms in total. The fourth-order valence-electron chi connectivity index (χ4n) is 1.50. The van der Waals surface area contributed by atoms with Crippen LogP contribution in [0, 0.1) is 11.6 Å². The molecule has 0 aliphatic rings. The molecule has 0 fully saturated rings. The van der Waals surface area contributed by atoms with Crippen LogP contribution in [0.2, 0.25) is 0 Å². The van der Waals surface area contributed by atoms with Crippen molar-refractivity contribution in [2.24, 2.45) is 0 Å². The summed E-state index contributed by atoms with van der Waals surface area (Å²) in [6.07, 6.45) is 0. The fraction of sp³-hybridized carbons (Fsp3) is 0.455. The van der Waals surface area contributed by atoms with Crippen molar-refractivity contribution >= 4 is 10.0 Å². The molecular weight excluding hydrogens is 262 g/mol. The van der Waals surface area contributed by atoms with Crippen molar-refractivity contribution in [3.63, 3.8) is 0 Å². The first-order chi connectivity index (χ1) is 8.29. The van der Waals surface area contributed by atoms with Crippen molar-refractivity contribution in [1.29, 1.82) is 0 Å². The molecule has 102 valence electrons. The van der Waals surface area contributed by atoms with E-state index in [-0.39, 0.29) is 18.2 Å². The van der Waals surface area contributed by atoms with E-state index in [1.807, 2.05) is 0 Å². The maximum Gasteiger partial charge on any atom is 0.243 e. The third-order valence-electron chi connectivity index (χ3n) is 2.18. The minimum absolute atomic E-state index is 0.0806. The Kier molecular flexibility index (Phi) is 4.78. The van der Waals surface area contributed by atoms with Crippen LogP contribution in [0.3, 0.4) is 0 Å². The molecule has 0 amide bonds. The molecule has 0 spiro atoms. The average molecular weight is 278 g/mol. The van der Waals surface area contributed by atoms with Crippen LogP contribution in [0.4, 0.5) is 8.78 Å². The Labute approximate surface area is 105 Å². The summed E-state index contributed by atoms with van der Waals surface area (Å²) in [5.74, 6) is -1.83. The van der Waals surface area contributed by atoms with Crippen LogP contribution in [0.5, 0.6) is 0 Å². The lowest BCUT2D eigenvalue weighted by Crippen LogP contribution is -2.31. The van der Waals surface area contributed by atoms with Gasteiger partial charge in [-0.05, 0) is 33.0 Å². The average Bonchev–Trinajstić information content (AvgIpc) is 2.21. The Hall–Kier alpha value is -1.05. The first-order valence-corrected chi connectivity index (χ1v) is 6.91. The number of halogens is 2. The Morgan fingerprint density at radius 3 is 2.39 bits per heavy atom. The van der Waals surface area contributed by atoms with Crippen LogP contribution in [-0.4, -0.2) is 21.5 Å². The maximum absolute atomic E-state index is 14.0. The number of hydrogen-bond donors (Lipinski definition) is 2. The molecule has 0 atom stereocenters. The van der Waals surface area contributed by atoms with E-state index in [2.05, 4.69) is 10.0 Å². The molecule has 0 unspecified atom stereocenters. The van der Waals surface area contributed by atoms with Crippen molar-refractivity contribution in [3.05, 3.63) is 29.3 Å². The van der Waals surface area contributed by atoms with E-state index < -0.39 is 26.6 Å². The van der Waals surface area contributed by atoms with E-state index in [1.54, 1.807) is 13.8 Å². The topological polar surface area (TPSA) is 58.2 Å². The van der Waals surface area contributed by atoms with Crippen molar-refractivity contribution < 1.29 is 17.2 Å². The number of benzene rings is 1. The van der Waals surface area contributed by atoms with Gasteiger partial charge in [-0.25, -0.2) is 21.9 Å². The summed E-state index contributed by atoms with van der Waals surface area (Å²) in [4.78, 5) is -0.539. The Balaban J connectivity index is 3.31. The zero-order chi connectivity index (χ0) is 13.9. The van der Waals surface area contributed by atoms with Gasteiger partial charge in [0.1, 0.15) is 10.7 Å². The smallest absolute Gasteiger partial charge is 0.243 e. The Morgan fingerprint density at radius 2 is 1.89 bits per heavy atom. The zero-order valence-corrected chi connectivity index (χ0v) is 11.2. The van der Waals surface area contributed by atoms with Gasteiger partial charge in [-0.15, -0.1) is 0 Å². The first kappa shape index (κ1) is 15.0. The molecule has 18 heavy (non-hydrogen) atoms. The van der Waals surface area contributed by atoms with Crippen LogP contribution in [0.1, 0.15) is 19.4 Å². The molecular formula is C11H16F2N2O2S. The molecule has 0 bridgehead atoms. The van der Waals surface area contributed by atoms with Gasteiger partial charge in [-0.3, -0.25) is 0 Å². The molecule has 1 aromatic carbocycles. The van der Waals surface area contributed by atoms with Gasteiger partial charge < -0.3 is 5.32 Å². The SMILES string of the molecule is CNCc1c(F)ccc(S(=O)(=O)NC(C)C)c1F. The molecule has 0 aromatic heterocycles. The van der Waals surface area contributed by atoms with Crippen molar-refractivity contribution in [2.75, 3.05) is 7.05 Å². The second kappa shape index (κ2) is 5.73. The van der Waals surface area contributed by atoms with Crippen LogP contribution in [-0.2, 0) is 16.6 Å². The lowest BCUT2D eigenvalue weighted by molar-refractivity contribution is 0.515. The number of sulfonamides is 1. The zero-order valence-electron chi connectivity index (χ0n) is 10.4. The quantitative estimate of drug-likeness (QED) is 0.855. The molecule has 0 heterocycles. The van der Waals surface area contributed by atoms with Gasteiger partial charge in [0.2, 0.25) is 10.0 Å². The lowest BCUT2D eigenvalue weighted by Gasteiger charge is -2.12. The molecule has 7 heteroatoms. The third kappa shape index (κ3) is 3.24. The van der Waals surface area contributed by atoms with Crippen LogP contribution in [0.25, 0.3) is 0 Å². The minimum Gasteiger partial charge on any atom is -0.315 e. The third-order valence-corrected chi connectivity index (χ3v) is 3.86. The molecule has 0 saturated heterocycles. The van der Waals surface area contributed by atoms with E-state index >= 15 is 0 Å². The summed E-state index contributed by atoms with van der Waals surface area (Å²) in [5.41, 5.74) is -0.288. The minimum atomic E-state index is -3.97. The van der Waals surface area contributed by atoms with Gasteiger partial charge in [0.25, 0.3) is 0 Å². The molecule has 1 rings (SSSR count). The lowest BCUT2D eigenvalue weighted by atomic mass is 10.2. The maximum atomic E-state index is 14.0. The highest BCUT2D eigenvalue weighted by atomic mass is 32.2. The summed E-state index contributed by atoms with van der Waals surface area (Å²) >= 11 is 0. The normalized spacial score (nSPS) is 12.1.